The molecule has 0 fully saturated rings. The largest absolute Gasteiger partial charge is 0.305 e. The maximum atomic E-state index is 12.3. The molecule has 0 aliphatic heterocycles. The minimum Gasteiger partial charge on any atom is -0.305 e. The van der Waals surface area contributed by atoms with Crippen LogP contribution >= 0.6 is 0 Å². The fraction of sp³-hybridized carbons (Fsp3) is 0.105. The van der Waals surface area contributed by atoms with E-state index >= 15 is 0 Å². The van der Waals surface area contributed by atoms with Gasteiger partial charge in [-0.05, 0) is 42.7 Å². The molecule has 0 radical (unpaired) electrons. The number of anilines is 1. The highest BCUT2D eigenvalue weighted by Crippen LogP contribution is 2.26. The molecule has 1 aromatic carbocycles. The van der Waals surface area contributed by atoms with Crippen LogP contribution in [0.1, 0.15) is 21.5 Å². The normalized spacial score (nSPS) is 10.1. The number of hydrogen-bond donors (Lipinski definition) is 1. The highest BCUT2D eigenvalue weighted by Gasteiger charge is 2.11. The predicted octanol–water partition coefficient (Wildman–Crippen LogP) is 3.96. The Morgan fingerprint density at radius 2 is 1.92 bits per heavy atom. The van der Waals surface area contributed by atoms with Crippen LogP contribution in [0.25, 0.3) is 16.1 Å². The van der Waals surface area contributed by atoms with Crippen LogP contribution in [0.2, 0.25) is 0 Å². The number of benzene rings is 1. The second-order valence-corrected chi connectivity index (χ2v) is 5.54. The Bertz CT molecular complexity index is 974. The second-order valence-electron chi connectivity index (χ2n) is 5.54. The van der Waals surface area contributed by atoms with Crippen LogP contribution in [0.3, 0.4) is 0 Å². The third kappa shape index (κ3) is 3.51. The first-order valence-corrected chi connectivity index (χ1v) is 7.61. The Balaban J connectivity index is 1.83. The van der Waals surface area contributed by atoms with Crippen LogP contribution in [0.4, 0.5) is 11.5 Å². The molecule has 0 unspecified atom stereocenters. The zero-order chi connectivity index (χ0) is 17.8. The summed E-state index contributed by atoms with van der Waals surface area (Å²) in [5, 5.41) is 2.73. The van der Waals surface area contributed by atoms with Crippen molar-refractivity contribution in [1.82, 2.24) is 15.0 Å². The van der Waals surface area contributed by atoms with Crippen LogP contribution < -0.4 is 5.32 Å². The lowest BCUT2D eigenvalue weighted by Gasteiger charge is -2.08. The molecule has 0 saturated carbocycles. The van der Waals surface area contributed by atoms with Gasteiger partial charge in [-0.25, -0.2) is 9.83 Å². The number of carbonyl (C=O) groups is 1. The average molecular weight is 329 g/mol. The van der Waals surface area contributed by atoms with E-state index in [1.165, 1.54) is 6.20 Å². The summed E-state index contributed by atoms with van der Waals surface area (Å²) < 4.78 is 0. The Kier molecular flexibility index (Phi) is 4.48. The Labute approximate surface area is 145 Å². The second kappa shape index (κ2) is 6.89. The van der Waals surface area contributed by atoms with Crippen LogP contribution in [-0.4, -0.2) is 20.9 Å². The Morgan fingerprint density at radius 3 is 2.60 bits per heavy atom. The lowest BCUT2D eigenvalue weighted by atomic mass is 10.1. The van der Waals surface area contributed by atoms with Gasteiger partial charge in [0.2, 0.25) is 0 Å². The van der Waals surface area contributed by atoms with Gasteiger partial charge < -0.3 is 5.32 Å². The number of nitrogens with zero attached hydrogens (tertiary/aromatic N) is 4. The van der Waals surface area contributed by atoms with E-state index in [0.717, 1.165) is 16.7 Å². The molecule has 0 spiro atoms. The summed E-state index contributed by atoms with van der Waals surface area (Å²) in [4.78, 5) is 28.3. The summed E-state index contributed by atoms with van der Waals surface area (Å²) in [5.41, 5.74) is 4.39. The molecule has 3 rings (SSSR count). The maximum absolute atomic E-state index is 12.3. The number of aromatic nitrogens is 3. The molecule has 122 valence electrons. The average Bonchev–Trinajstić information content (AvgIpc) is 2.63. The van der Waals surface area contributed by atoms with E-state index in [2.05, 4.69) is 25.1 Å². The van der Waals surface area contributed by atoms with Crippen molar-refractivity contribution in [3.8, 4) is 11.3 Å². The highest BCUT2D eigenvalue weighted by atomic mass is 16.1. The number of amides is 1. The summed E-state index contributed by atoms with van der Waals surface area (Å²) >= 11 is 0. The van der Waals surface area contributed by atoms with Crippen LogP contribution in [0.15, 0.2) is 49.1 Å². The van der Waals surface area contributed by atoms with Crippen LogP contribution in [0, 0.1) is 20.4 Å². The molecule has 0 aliphatic rings. The Hall–Kier alpha value is -3.59. The zero-order valence-electron chi connectivity index (χ0n) is 13.8. The van der Waals surface area contributed by atoms with E-state index in [1.54, 1.807) is 36.8 Å². The summed E-state index contributed by atoms with van der Waals surface area (Å²) in [6.45, 7) is 10.9. The van der Waals surface area contributed by atoms with E-state index in [9.17, 15) is 4.79 Å². The number of rotatable bonds is 3. The first-order chi connectivity index (χ1) is 12.1. The molecule has 25 heavy (non-hydrogen) atoms. The smallest absolute Gasteiger partial charge is 0.257 e. The first-order valence-electron chi connectivity index (χ1n) is 7.61. The van der Waals surface area contributed by atoms with Gasteiger partial charge in [0, 0.05) is 18.0 Å². The van der Waals surface area contributed by atoms with Crippen molar-refractivity contribution >= 4 is 17.4 Å². The van der Waals surface area contributed by atoms with Crippen molar-refractivity contribution < 1.29 is 4.79 Å². The van der Waals surface area contributed by atoms with Gasteiger partial charge in [0.05, 0.1) is 24.7 Å². The molecule has 1 N–H and O–H groups in total. The number of nitrogens with one attached hydrogen (secondary N) is 1. The molecular weight excluding hydrogens is 314 g/mol. The molecule has 6 nitrogen and oxygen atoms in total. The molecular formula is C19H15N5O. The van der Waals surface area contributed by atoms with Crippen molar-refractivity contribution in [3.63, 3.8) is 0 Å². The molecule has 0 aliphatic carbocycles. The summed E-state index contributed by atoms with van der Waals surface area (Å²) in [5.74, 6) is 0.108. The van der Waals surface area contributed by atoms with Gasteiger partial charge in [0.15, 0.2) is 11.5 Å². The first kappa shape index (κ1) is 16.3. The topological polar surface area (TPSA) is 72.1 Å². The minimum atomic E-state index is -0.256. The van der Waals surface area contributed by atoms with Crippen molar-refractivity contribution in [3.05, 3.63) is 77.2 Å². The summed E-state index contributed by atoms with van der Waals surface area (Å²) in [6.07, 6.45) is 6.30. The molecule has 2 heterocycles. The third-order valence-electron chi connectivity index (χ3n) is 3.78. The summed E-state index contributed by atoms with van der Waals surface area (Å²) in [7, 11) is 0. The molecule has 0 saturated heterocycles. The lowest BCUT2D eigenvalue weighted by molar-refractivity contribution is 0.102. The monoisotopic (exact) mass is 329 g/mol. The lowest BCUT2D eigenvalue weighted by Crippen LogP contribution is -2.14. The molecule has 0 bridgehead atoms. The van der Waals surface area contributed by atoms with Gasteiger partial charge >= 0.3 is 0 Å². The van der Waals surface area contributed by atoms with Gasteiger partial charge in [-0.1, -0.05) is 12.1 Å². The quantitative estimate of drug-likeness (QED) is 0.738. The van der Waals surface area contributed by atoms with E-state index < -0.39 is 0 Å². The van der Waals surface area contributed by atoms with E-state index in [0.29, 0.717) is 22.8 Å². The molecule has 6 heteroatoms. The maximum Gasteiger partial charge on any atom is 0.257 e. The zero-order valence-corrected chi connectivity index (χ0v) is 13.8. The number of hydrogen-bond acceptors (Lipinski definition) is 4. The number of carbonyl (C=O) groups excluding carboxylic acids is 1. The van der Waals surface area contributed by atoms with Gasteiger partial charge in [0.1, 0.15) is 0 Å². The fourth-order valence-corrected chi connectivity index (χ4v) is 2.40. The predicted molar refractivity (Wildman–Crippen MR) is 95.4 cm³/mol. The van der Waals surface area contributed by atoms with Gasteiger partial charge in [-0.2, -0.15) is 0 Å². The molecule has 1 amide bonds. The third-order valence-corrected chi connectivity index (χ3v) is 3.78. The van der Waals surface area contributed by atoms with Crippen molar-refractivity contribution in [2.45, 2.75) is 13.8 Å². The fourth-order valence-electron chi connectivity index (χ4n) is 2.40. The van der Waals surface area contributed by atoms with Crippen LogP contribution in [-0.2, 0) is 0 Å². The van der Waals surface area contributed by atoms with Crippen molar-refractivity contribution in [1.29, 1.82) is 0 Å². The molecule has 2 aromatic heterocycles. The van der Waals surface area contributed by atoms with Gasteiger partial charge in [0.25, 0.3) is 5.91 Å². The van der Waals surface area contributed by atoms with Gasteiger partial charge in [-0.15, -0.1) is 0 Å². The Morgan fingerprint density at radius 1 is 1.08 bits per heavy atom. The van der Waals surface area contributed by atoms with Gasteiger partial charge in [-0.3, -0.25) is 14.8 Å². The van der Waals surface area contributed by atoms with Crippen molar-refractivity contribution in [2.24, 2.45) is 0 Å². The number of aryl methyl sites for hydroxylation is 2. The summed E-state index contributed by atoms with van der Waals surface area (Å²) in [6, 6.07) is 7.09. The van der Waals surface area contributed by atoms with E-state index in [4.69, 9.17) is 6.57 Å². The molecule has 0 atom stereocenters. The van der Waals surface area contributed by atoms with Crippen molar-refractivity contribution in [2.75, 3.05) is 5.32 Å². The SMILES string of the molecule is [C-]#[N+]c1ccc(C)c(-c2cnc(NC(=O)c3ccncc3C)cn2)c1. The van der Waals surface area contributed by atoms with E-state index in [-0.39, 0.29) is 5.91 Å². The number of pyridine rings is 1. The van der Waals surface area contributed by atoms with Crippen LogP contribution in [0.5, 0.6) is 0 Å². The van der Waals surface area contributed by atoms with E-state index in [1.807, 2.05) is 19.9 Å². The standard InChI is InChI=1S/C19H15N5O/c1-12-4-5-14(20-3)8-16(12)17-10-23-18(11-22-17)24-19(25)15-6-7-21-9-13(15)2/h4-11H,1-2H3,(H,23,24,25). The highest BCUT2D eigenvalue weighted by molar-refractivity contribution is 6.04. The minimum absolute atomic E-state index is 0.256. The molecule has 3 aromatic rings.